The van der Waals surface area contributed by atoms with Crippen molar-refractivity contribution in [3.63, 3.8) is 0 Å². The first-order chi connectivity index (χ1) is 19.9. The van der Waals surface area contributed by atoms with Crippen molar-refractivity contribution in [3.05, 3.63) is 87.9 Å². The average molecular weight is 635 g/mol. The molecular formula is C31H37Cl2N3O5S. The van der Waals surface area contributed by atoms with Crippen LogP contribution in [0.15, 0.2) is 71.6 Å². The highest BCUT2D eigenvalue weighted by Crippen LogP contribution is 2.34. The molecule has 0 aromatic heterocycles. The van der Waals surface area contributed by atoms with Gasteiger partial charge in [-0.05, 0) is 74.2 Å². The zero-order valence-electron chi connectivity index (χ0n) is 24.4. The third-order valence-electron chi connectivity index (χ3n) is 6.96. The lowest BCUT2D eigenvalue weighted by Gasteiger charge is -2.34. The van der Waals surface area contributed by atoms with Crippen LogP contribution in [0, 0.1) is 6.92 Å². The largest absolute Gasteiger partial charge is 0.495 e. The maximum Gasteiger partial charge on any atom is 0.264 e. The van der Waals surface area contributed by atoms with Crippen molar-refractivity contribution in [1.82, 2.24) is 10.2 Å². The van der Waals surface area contributed by atoms with Gasteiger partial charge in [-0.2, -0.15) is 0 Å². The van der Waals surface area contributed by atoms with Gasteiger partial charge in [0.25, 0.3) is 10.0 Å². The van der Waals surface area contributed by atoms with Crippen LogP contribution >= 0.6 is 23.2 Å². The zero-order valence-corrected chi connectivity index (χ0v) is 26.8. The van der Waals surface area contributed by atoms with Crippen LogP contribution in [0.1, 0.15) is 44.7 Å². The summed E-state index contributed by atoms with van der Waals surface area (Å²) >= 11 is 12.6. The standard InChI is InChI=1S/C31H37Cl2N3O5S/c1-6-22(4)34-31(38)27(7-2)35(19-23-14-15-24(32)18-26(23)33)30(37)20-36(28-17-21(3)13-16-29(28)41-5)42(39,40)25-11-9-8-10-12-25/h8-18,22,27H,6-7,19-20H2,1-5H3,(H,34,38)/t22-,27-/m0/s1. The fourth-order valence-electron chi connectivity index (χ4n) is 4.42. The Balaban J connectivity index is 2.14. The number of carbonyl (C=O) groups excluding carboxylic acids is 2. The highest BCUT2D eigenvalue weighted by molar-refractivity contribution is 7.92. The number of methoxy groups -OCH3 is 1. The Kier molecular flexibility index (Phi) is 11.7. The maximum absolute atomic E-state index is 14.3. The van der Waals surface area contributed by atoms with E-state index in [1.54, 1.807) is 61.5 Å². The zero-order chi connectivity index (χ0) is 31.0. The van der Waals surface area contributed by atoms with E-state index in [9.17, 15) is 18.0 Å². The molecule has 0 aliphatic rings. The van der Waals surface area contributed by atoms with Crippen molar-refractivity contribution in [2.75, 3.05) is 18.0 Å². The van der Waals surface area contributed by atoms with E-state index in [-0.39, 0.29) is 34.8 Å². The monoisotopic (exact) mass is 633 g/mol. The topological polar surface area (TPSA) is 96.0 Å². The van der Waals surface area contributed by atoms with Gasteiger partial charge in [0.2, 0.25) is 11.8 Å². The molecule has 2 atom stereocenters. The van der Waals surface area contributed by atoms with Gasteiger partial charge in [-0.25, -0.2) is 8.42 Å². The van der Waals surface area contributed by atoms with E-state index in [0.29, 0.717) is 28.5 Å². The number of benzene rings is 3. The van der Waals surface area contributed by atoms with Crippen molar-refractivity contribution in [3.8, 4) is 5.75 Å². The number of rotatable bonds is 13. The van der Waals surface area contributed by atoms with Crippen LogP contribution in [0.4, 0.5) is 5.69 Å². The molecule has 1 N–H and O–H groups in total. The number of halogens is 2. The molecule has 0 radical (unpaired) electrons. The summed E-state index contributed by atoms with van der Waals surface area (Å²) in [6.07, 6.45) is 0.994. The fraction of sp³-hybridized carbons (Fsp3) is 0.355. The second-order valence-corrected chi connectivity index (χ2v) is 12.7. The third-order valence-corrected chi connectivity index (χ3v) is 9.32. The molecule has 226 valence electrons. The summed E-state index contributed by atoms with van der Waals surface area (Å²) in [6, 6.07) is 16.9. The fourth-order valence-corrected chi connectivity index (χ4v) is 6.33. The number of carbonyl (C=O) groups is 2. The van der Waals surface area contributed by atoms with E-state index < -0.39 is 28.5 Å². The highest BCUT2D eigenvalue weighted by Gasteiger charge is 2.35. The number of aryl methyl sites for hydroxylation is 1. The number of hydrogen-bond donors (Lipinski definition) is 1. The number of nitrogens with zero attached hydrogens (tertiary/aromatic N) is 2. The van der Waals surface area contributed by atoms with E-state index in [4.69, 9.17) is 27.9 Å². The molecule has 11 heteroatoms. The number of amides is 2. The summed E-state index contributed by atoms with van der Waals surface area (Å²) in [5.74, 6) is -0.645. The molecule has 3 aromatic carbocycles. The van der Waals surface area contributed by atoms with Crippen LogP contribution in [-0.4, -0.2) is 50.9 Å². The molecular weight excluding hydrogens is 597 g/mol. The first kappa shape index (κ1) is 33.2. The normalized spacial score (nSPS) is 12.7. The number of hydrogen-bond acceptors (Lipinski definition) is 5. The molecule has 3 aromatic rings. The summed E-state index contributed by atoms with van der Waals surface area (Å²) in [5.41, 5.74) is 1.54. The summed E-state index contributed by atoms with van der Waals surface area (Å²) in [5, 5.41) is 3.70. The van der Waals surface area contributed by atoms with Crippen LogP contribution in [0.5, 0.6) is 5.75 Å². The van der Waals surface area contributed by atoms with Crippen molar-refractivity contribution in [2.24, 2.45) is 0 Å². The second-order valence-electron chi connectivity index (χ2n) is 10.00. The highest BCUT2D eigenvalue weighted by atomic mass is 35.5. The third kappa shape index (κ3) is 7.96. The predicted molar refractivity (Wildman–Crippen MR) is 168 cm³/mol. The second kappa shape index (κ2) is 14.8. The summed E-state index contributed by atoms with van der Waals surface area (Å²) < 4.78 is 34.7. The Bertz CT molecular complexity index is 1500. The van der Waals surface area contributed by atoms with Crippen molar-refractivity contribution < 1.29 is 22.7 Å². The van der Waals surface area contributed by atoms with Crippen LogP contribution in [0.3, 0.4) is 0 Å². The first-order valence-electron chi connectivity index (χ1n) is 13.7. The molecule has 0 saturated carbocycles. The van der Waals surface area contributed by atoms with E-state index in [2.05, 4.69) is 5.32 Å². The molecule has 8 nitrogen and oxygen atoms in total. The van der Waals surface area contributed by atoms with Gasteiger partial charge in [0.05, 0.1) is 17.7 Å². The molecule has 0 spiro atoms. The number of ether oxygens (including phenoxy) is 1. The molecule has 0 fully saturated rings. The molecule has 0 bridgehead atoms. The lowest BCUT2D eigenvalue weighted by Crippen LogP contribution is -2.53. The van der Waals surface area contributed by atoms with Gasteiger partial charge in [0.15, 0.2) is 0 Å². The minimum absolute atomic E-state index is 0.00945. The maximum atomic E-state index is 14.3. The predicted octanol–water partition coefficient (Wildman–Crippen LogP) is 6.23. The molecule has 0 saturated heterocycles. The van der Waals surface area contributed by atoms with E-state index in [0.717, 1.165) is 9.87 Å². The van der Waals surface area contributed by atoms with Gasteiger partial charge in [0.1, 0.15) is 18.3 Å². The number of anilines is 1. The van der Waals surface area contributed by atoms with E-state index in [1.165, 1.54) is 24.1 Å². The minimum Gasteiger partial charge on any atom is -0.495 e. The SMILES string of the molecule is CC[C@H](C)NC(=O)[C@H](CC)N(Cc1ccc(Cl)cc1Cl)C(=O)CN(c1cc(C)ccc1OC)S(=O)(=O)c1ccccc1. The van der Waals surface area contributed by atoms with E-state index in [1.807, 2.05) is 20.8 Å². The van der Waals surface area contributed by atoms with E-state index >= 15 is 0 Å². The summed E-state index contributed by atoms with van der Waals surface area (Å²) in [4.78, 5) is 29.1. The lowest BCUT2D eigenvalue weighted by molar-refractivity contribution is -0.140. The molecule has 3 rings (SSSR count). The minimum atomic E-state index is -4.23. The molecule has 2 amide bonds. The van der Waals surface area contributed by atoms with Crippen LogP contribution in [0.25, 0.3) is 0 Å². The quantitative estimate of drug-likeness (QED) is 0.241. The Hall–Kier alpha value is -3.27. The first-order valence-corrected chi connectivity index (χ1v) is 15.9. The van der Waals surface area contributed by atoms with Gasteiger partial charge < -0.3 is 15.0 Å². The van der Waals surface area contributed by atoms with Crippen molar-refractivity contribution in [2.45, 2.75) is 64.1 Å². The van der Waals surface area contributed by atoms with Gasteiger partial charge in [0, 0.05) is 22.6 Å². The molecule has 0 aliphatic heterocycles. The lowest BCUT2D eigenvalue weighted by atomic mass is 10.1. The molecule has 0 heterocycles. The van der Waals surface area contributed by atoms with Crippen LogP contribution in [-0.2, 0) is 26.2 Å². The van der Waals surface area contributed by atoms with Gasteiger partial charge in [-0.15, -0.1) is 0 Å². The summed E-state index contributed by atoms with van der Waals surface area (Å²) in [6.45, 7) is 6.82. The Morgan fingerprint density at radius 3 is 2.26 bits per heavy atom. The summed E-state index contributed by atoms with van der Waals surface area (Å²) in [7, 11) is -2.80. The Morgan fingerprint density at radius 2 is 1.67 bits per heavy atom. The molecule has 0 unspecified atom stereocenters. The van der Waals surface area contributed by atoms with Gasteiger partial charge >= 0.3 is 0 Å². The van der Waals surface area contributed by atoms with Crippen molar-refractivity contribution >= 4 is 50.7 Å². The van der Waals surface area contributed by atoms with Crippen molar-refractivity contribution in [1.29, 1.82) is 0 Å². The number of sulfonamides is 1. The smallest absolute Gasteiger partial charge is 0.264 e. The van der Waals surface area contributed by atoms with Crippen LogP contribution < -0.4 is 14.4 Å². The average Bonchev–Trinajstić information content (AvgIpc) is 2.97. The Labute approximate surface area is 258 Å². The number of nitrogens with one attached hydrogen (secondary N) is 1. The molecule has 0 aliphatic carbocycles. The molecule has 42 heavy (non-hydrogen) atoms. The van der Waals surface area contributed by atoms with Gasteiger partial charge in [-0.1, -0.05) is 67.4 Å². The Morgan fingerprint density at radius 1 is 0.976 bits per heavy atom. The van der Waals surface area contributed by atoms with Gasteiger partial charge in [-0.3, -0.25) is 13.9 Å². The van der Waals surface area contributed by atoms with Crippen LogP contribution in [0.2, 0.25) is 10.0 Å².